The van der Waals surface area contributed by atoms with Crippen LogP contribution in [0.25, 0.3) is 0 Å². The molecule has 2 aromatic carbocycles. The summed E-state index contributed by atoms with van der Waals surface area (Å²) in [5.41, 5.74) is 3.25. The van der Waals surface area contributed by atoms with Gasteiger partial charge in [-0.3, -0.25) is 9.59 Å². The van der Waals surface area contributed by atoms with Gasteiger partial charge in [0.1, 0.15) is 10.9 Å². The fraction of sp³-hybridized carbons (Fsp3) is 0.261. The molecule has 0 spiro atoms. The standard InChI is InChI=1S/C13H12ClN3O.C10H10BrNO2/c14-12-10-6-7-15-13(18)11(10)16-17(12)8-9-4-2-1-3-5-9;1-12-8-6-7(11)2-3-9(8)14-5-4-10(12)13/h1-5H,6-8H2,(H,15,18);2-3,6H,4-5H2,1H3. The number of nitrogens with zero attached hydrogens (tertiary/aromatic N) is 3. The van der Waals surface area contributed by atoms with Gasteiger partial charge in [-0.15, -0.1) is 0 Å². The highest BCUT2D eigenvalue weighted by Gasteiger charge is 2.25. The topological polar surface area (TPSA) is 76.5 Å². The fourth-order valence-electron chi connectivity index (χ4n) is 3.55. The van der Waals surface area contributed by atoms with Crippen LogP contribution in [-0.2, 0) is 17.8 Å². The summed E-state index contributed by atoms with van der Waals surface area (Å²) in [7, 11) is 1.77. The van der Waals surface area contributed by atoms with Crippen molar-refractivity contribution in [2.75, 3.05) is 25.1 Å². The van der Waals surface area contributed by atoms with E-state index in [4.69, 9.17) is 16.3 Å². The summed E-state index contributed by atoms with van der Waals surface area (Å²) in [5.74, 6) is 0.716. The third-order valence-electron chi connectivity index (χ3n) is 5.26. The first-order chi connectivity index (χ1) is 15.4. The molecule has 0 saturated heterocycles. The number of halogens is 2. The van der Waals surface area contributed by atoms with Crippen molar-refractivity contribution >= 4 is 45.0 Å². The van der Waals surface area contributed by atoms with Crippen molar-refractivity contribution in [2.45, 2.75) is 19.4 Å². The summed E-state index contributed by atoms with van der Waals surface area (Å²) in [5, 5.41) is 7.64. The minimum atomic E-state index is -0.134. The summed E-state index contributed by atoms with van der Waals surface area (Å²) in [4.78, 5) is 24.8. The molecule has 32 heavy (non-hydrogen) atoms. The molecule has 0 bridgehead atoms. The Labute approximate surface area is 199 Å². The number of carbonyl (C=O) groups excluding carboxylic acids is 2. The number of ether oxygens (including phenoxy) is 1. The van der Waals surface area contributed by atoms with E-state index in [1.165, 1.54) is 0 Å². The van der Waals surface area contributed by atoms with Crippen molar-refractivity contribution in [1.82, 2.24) is 15.1 Å². The molecule has 0 atom stereocenters. The lowest BCUT2D eigenvalue weighted by atomic mass is 10.1. The van der Waals surface area contributed by atoms with Crippen molar-refractivity contribution in [3.05, 3.63) is 75.0 Å². The highest BCUT2D eigenvalue weighted by Crippen LogP contribution is 2.33. The molecule has 7 nitrogen and oxygen atoms in total. The number of anilines is 1. The predicted octanol–water partition coefficient (Wildman–Crippen LogP) is 4.07. The number of aromatic nitrogens is 2. The van der Waals surface area contributed by atoms with Crippen LogP contribution in [0.3, 0.4) is 0 Å². The van der Waals surface area contributed by atoms with Gasteiger partial charge in [0.15, 0.2) is 5.69 Å². The molecular weight excluding hydrogens is 496 g/mol. The van der Waals surface area contributed by atoms with Crippen LogP contribution < -0.4 is 15.0 Å². The number of hydrogen-bond acceptors (Lipinski definition) is 4. The van der Waals surface area contributed by atoms with E-state index in [0.717, 1.165) is 33.5 Å². The van der Waals surface area contributed by atoms with Gasteiger partial charge in [0, 0.05) is 23.6 Å². The van der Waals surface area contributed by atoms with E-state index in [1.54, 1.807) is 16.6 Å². The molecule has 0 fully saturated rings. The molecule has 2 aliphatic heterocycles. The van der Waals surface area contributed by atoms with Gasteiger partial charge >= 0.3 is 0 Å². The summed E-state index contributed by atoms with van der Waals surface area (Å²) in [6.07, 6.45) is 1.18. The van der Waals surface area contributed by atoms with Crippen molar-refractivity contribution in [2.24, 2.45) is 0 Å². The zero-order chi connectivity index (χ0) is 22.7. The highest BCUT2D eigenvalue weighted by molar-refractivity contribution is 9.10. The molecule has 166 valence electrons. The first kappa shape index (κ1) is 22.4. The molecule has 1 N–H and O–H groups in total. The Balaban J connectivity index is 0.000000158. The molecule has 2 amide bonds. The second-order valence-electron chi connectivity index (χ2n) is 7.43. The number of benzene rings is 2. The van der Waals surface area contributed by atoms with Crippen molar-refractivity contribution in [3.8, 4) is 5.75 Å². The Hall–Kier alpha value is -2.84. The zero-order valence-electron chi connectivity index (χ0n) is 17.5. The van der Waals surface area contributed by atoms with E-state index < -0.39 is 0 Å². The molecule has 0 radical (unpaired) electrons. The smallest absolute Gasteiger partial charge is 0.272 e. The van der Waals surface area contributed by atoms with Crippen LogP contribution in [0.5, 0.6) is 5.75 Å². The minimum Gasteiger partial charge on any atom is -0.491 e. The van der Waals surface area contributed by atoms with E-state index in [0.29, 0.717) is 37.0 Å². The lowest BCUT2D eigenvalue weighted by molar-refractivity contribution is -0.118. The van der Waals surface area contributed by atoms with Crippen LogP contribution in [0.4, 0.5) is 5.69 Å². The molecule has 3 aromatic rings. The third-order valence-corrected chi connectivity index (χ3v) is 6.18. The molecule has 0 saturated carbocycles. The fourth-order valence-corrected chi connectivity index (χ4v) is 4.18. The molecule has 0 aliphatic carbocycles. The molecule has 0 unspecified atom stereocenters. The molecule has 5 rings (SSSR count). The van der Waals surface area contributed by atoms with Crippen molar-refractivity contribution in [3.63, 3.8) is 0 Å². The number of amides is 2. The van der Waals surface area contributed by atoms with Crippen LogP contribution in [0, 0.1) is 0 Å². The van der Waals surface area contributed by atoms with Crippen LogP contribution >= 0.6 is 27.5 Å². The minimum absolute atomic E-state index is 0.0850. The summed E-state index contributed by atoms with van der Waals surface area (Å²) < 4.78 is 8.09. The number of carbonyl (C=O) groups is 2. The van der Waals surface area contributed by atoms with Gasteiger partial charge in [-0.25, -0.2) is 4.68 Å². The number of rotatable bonds is 2. The summed E-state index contributed by atoms with van der Waals surface area (Å²) in [6.45, 7) is 1.67. The average molecular weight is 518 g/mol. The average Bonchev–Trinajstić information content (AvgIpc) is 3.04. The van der Waals surface area contributed by atoms with E-state index in [1.807, 2.05) is 48.5 Å². The van der Waals surface area contributed by atoms with Crippen LogP contribution in [0.2, 0.25) is 5.15 Å². The summed E-state index contributed by atoms with van der Waals surface area (Å²) in [6, 6.07) is 15.6. The number of hydrogen-bond donors (Lipinski definition) is 1. The number of nitrogens with one attached hydrogen (secondary N) is 1. The zero-order valence-corrected chi connectivity index (χ0v) is 19.8. The van der Waals surface area contributed by atoms with Gasteiger partial charge in [0.2, 0.25) is 5.91 Å². The lowest BCUT2D eigenvalue weighted by Gasteiger charge is -2.16. The first-order valence-corrected chi connectivity index (χ1v) is 11.4. The number of fused-ring (bicyclic) bond motifs is 2. The van der Waals surface area contributed by atoms with Gasteiger partial charge in [0.25, 0.3) is 5.91 Å². The van der Waals surface area contributed by atoms with Gasteiger partial charge in [0.05, 0.1) is 25.3 Å². The van der Waals surface area contributed by atoms with E-state index in [2.05, 4.69) is 26.3 Å². The Bertz CT molecular complexity index is 1150. The quantitative estimate of drug-likeness (QED) is 0.556. The molecule has 9 heteroatoms. The second kappa shape index (κ2) is 9.75. The highest BCUT2D eigenvalue weighted by atomic mass is 79.9. The van der Waals surface area contributed by atoms with E-state index in [9.17, 15) is 9.59 Å². The normalized spacial score (nSPS) is 14.9. The van der Waals surface area contributed by atoms with Gasteiger partial charge in [-0.05, 0) is 30.2 Å². The largest absolute Gasteiger partial charge is 0.491 e. The molecular formula is C23H22BrClN4O3. The molecule has 2 aliphatic rings. The van der Waals surface area contributed by atoms with Gasteiger partial charge in [-0.1, -0.05) is 57.9 Å². The van der Waals surface area contributed by atoms with E-state index in [-0.39, 0.29) is 11.8 Å². The Morgan fingerprint density at radius 3 is 2.69 bits per heavy atom. The van der Waals surface area contributed by atoms with Gasteiger partial charge < -0.3 is 15.0 Å². The Morgan fingerprint density at radius 1 is 1.16 bits per heavy atom. The van der Waals surface area contributed by atoms with Crippen LogP contribution in [0.15, 0.2) is 53.0 Å². The van der Waals surface area contributed by atoms with Crippen LogP contribution in [-0.4, -0.2) is 41.8 Å². The second-order valence-corrected chi connectivity index (χ2v) is 8.70. The van der Waals surface area contributed by atoms with Crippen molar-refractivity contribution < 1.29 is 14.3 Å². The SMILES string of the molecule is CN1C(=O)CCOc2ccc(Br)cc21.O=C1NCCc2c1nn(Cc1ccccc1)c2Cl. The first-order valence-electron chi connectivity index (χ1n) is 10.2. The molecule has 3 heterocycles. The monoisotopic (exact) mass is 516 g/mol. The van der Waals surface area contributed by atoms with Gasteiger partial charge in [-0.2, -0.15) is 5.10 Å². The predicted molar refractivity (Wildman–Crippen MR) is 126 cm³/mol. The Morgan fingerprint density at radius 2 is 1.94 bits per heavy atom. The molecule has 1 aromatic heterocycles. The maximum Gasteiger partial charge on any atom is 0.272 e. The van der Waals surface area contributed by atoms with E-state index >= 15 is 0 Å². The Kier molecular flexibility index (Phi) is 6.81. The summed E-state index contributed by atoms with van der Waals surface area (Å²) >= 11 is 9.65. The van der Waals surface area contributed by atoms with Crippen LogP contribution in [0.1, 0.15) is 28.0 Å². The maximum atomic E-state index is 11.7. The third kappa shape index (κ3) is 4.81. The van der Waals surface area contributed by atoms with Crippen molar-refractivity contribution in [1.29, 1.82) is 0 Å². The lowest BCUT2D eigenvalue weighted by Crippen LogP contribution is -2.31. The maximum absolute atomic E-state index is 11.7.